The van der Waals surface area contributed by atoms with Crippen LogP contribution in [0.3, 0.4) is 0 Å². The van der Waals surface area contributed by atoms with Crippen molar-refractivity contribution in [2.75, 3.05) is 0 Å². The number of allylic oxidation sites excluding steroid dienone is 3. The van der Waals surface area contributed by atoms with Gasteiger partial charge in [0.1, 0.15) is 0 Å². The first kappa shape index (κ1) is 32.4. The van der Waals surface area contributed by atoms with E-state index >= 15 is 0 Å². The van der Waals surface area contributed by atoms with Gasteiger partial charge in [-0.15, -0.1) is 11.8 Å². The fourth-order valence-corrected chi connectivity index (χ4v) is 10.8. The summed E-state index contributed by atoms with van der Waals surface area (Å²) in [6.45, 7) is 0. The van der Waals surface area contributed by atoms with Crippen molar-refractivity contribution in [3.8, 4) is 44.8 Å². The summed E-state index contributed by atoms with van der Waals surface area (Å²) in [5.74, 6) is 0.390. The van der Waals surface area contributed by atoms with Crippen LogP contribution in [0.25, 0.3) is 88.4 Å². The van der Waals surface area contributed by atoms with E-state index in [4.69, 9.17) is 0 Å². The van der Waals surface area contributed by atoms with Gasteiger partial charge in [-0.1, -0.05) is 133 Å². The average molecular weight is 745 g/mol. The lowest BCUT2D eigenvalue weighted by Gasteiger charge is -2.18. The number of para-hydroxylation sites is 2. The first-order valence-corrected chi connectivity index (χ1v) is 20.6. The molecule has 2 unspecified atom stereocenters. The van der Waals surface area contributed by atoms with Gasteiger partial charge < -0.3 is 9.13 Å². The van der Waals surface area contributed by atoms with Crippen molar-refractivity contribution in [2.45, 2.75) is 16.1 Å². The fraction of sp³-hybridized carbons (Fsp3) is 0.0370. The maximum Gasteiger partial charge on any atom is 0.0541 e. The molecule has 0 fully saturated rings. The minimum atomic E-state index is 0.390. The Morgan fingerprint density at radius 1 is 0.368 bits per heavy atom. The molecule has 1 aliphatic heterocycles. The van der Waals surface area contributed by atoms with Gasteiger partial charge in [0.05, 0.1) is 22.1 Å². The standard InChI is InChI=1S/C54H36N2S/c1-3-12-35(13-4-1)36-22-27-41(28-23-36)56-50-30-25-38(37-24-29-49-45(32-37)43-16-7-9-19-48(43)55(49)40-14-5-2-6-15-40)33-46(50)47-34-39(26-31-51(47)56)42-18-11-21-53-54(42)44-17-8-10-20-52(44)57-53/h1-34,44,52H. The maximum atomic E-state index is 2.45. The minimum Gasteiger partial charge on any atom is -0.309 e. The minimum absolute atomic E-state index is 0.390. The van der Waals surface area contributed by atoms with Gasteiger partial charge in [0.2, 0.25) is 0 Å². The van der Waals surface area contributed by atoms with Crippen LogP contribution in [-0.2, 0) is 0 Å². The summed E-state index contributed by atoms with van der Waals surface area (Å²) in [6.07, 6.45) is 9.16. The van der Waals surface area contributed by atoms with Crippen molar-refractivity contribution in [1.82, 2.24) is 9.13 Å². The van der Waals surface area contributed by atoms with E-state index in [1.54, 1.807) is 0 Å². The number of fused-ring (bicyclic) bond motifs is 9. The van der Waals surface area contributed by atoms with Gasteiger partial charge in [0.25, 0.3) is 0 Å². The third-order valence-corrected chi connectivity index (χ3v) is 13.4. The number of aromatic nitrogens is 2. The summed E-state index contributed by atoms with van der Waals surface area (Å²) < 4.78 is 4.83. The highest BCUT2D eigenvalue weighted by Gasteiger charge is 2.33. The molecule has 1 aliphatic carbocycles. The molecule has 0 bridgehead atoms. The Hall–Kier alpha value is -6.81. The lowest BCUT2D eigenvalue weighted by Crippen LogP contribution is -2.07. The smallest absolute Gasteiger partial charge is 0.0541 e. The molecule has 12 rings (SSSR count). The van der Waals surface area contributed by atoms with Gasteiger partial charge in [-0.05, 0) is 112 Å². The van der Waals surface area contributed by atoms with Gasteiger partial charge >= 0.3 is 0 Å². The third kappa shape index (κ3) is 5.13. The molecule has 0 saturated heterocycles. The molecular weight excluding hydrogens is 709 g/mol. The van der Waals surface area contributed by atoms with Crippen LogP contribution in [0.5, 0.6) is 0 Å². The Morgan fingerprint density at radius 3 is 1.61 bits per heavy atom. The Balaban J connectivity index is 1.05. The molecule has 2 aromatic heterocycles. The van der Waals surface area contributed by atoms with Crippen LogP contribution in [0.4, 0.5) is 0 Å². The number of rotatable bonds is 5. The van der Waals surface area contributed by atoms with E-state index in [0.29, 0.717) is 11.2 Å². The molecule has 0 amide bonds. The van der Waals surface area contributed by atoms with Crippen LogP contribution in [0.15, 0.2) is 211 Å². The predicted molar refractivity (Wildman–Crippen MR) is 242 cm³/mol. The van der Waals surface area contributed by atoms with E-state index in [9.17, 15) is 0 Å². The zero-order valence-electron chi connectivity index (χ0n) is 31.1. The van der Waals surface area contributed by atoms with E-state index in [1.807, 2.05) is 11.8 Å². The van der Waals surface area contributed by atoms with Gasteiger partial charge in [-0.2, -0.15) is 0 Å². The molecule has 57 heavy (non-hydrogen) atoms. The van der Waals surface area contributed by atoms with E-state index in [1.165, 1.54) is 93.1 Å². The SMILES string of the molecule is C1=CC2Sc3cccc(-c4ccc5c(c4)c4cc(-c6ccc7c(c6)c6ccccc6n7-c6ccccc6)ccc4n5-c4ccc(-c5ccccc5)cc4)c3C2C=C1. The average Bonchev–Trinajstić information content (AvgIpc) is 3.94. The van der Waals surface area contributed by atoms with Crippen molar-refractivity contribution >= 4 is 55.4 Å². The number of benzene rings is 8. The van der Waals surface area contributed by atoms with Crippen molar-refractivity contribution in [1.29, 1.82) is 0 Å². The van der Waals surface area contributed by atoms with Crippen molar-refractivity contribution in [2.24, 2.45) is 0 Å². The normalized spacial score (nSPS) is 15.9. The molecule has 2 atom stereocenters. The highest BCUT2D eigenvalue weighted by atomic mass is 32.2. The first-order valence-electron chi connectivity index (χ1n) is 19.7. The summed E-state index contributed by atoms with van der Waals surface area (Å²) >= 11 is 1.99. The van der Waals surface area contributed by atoms with E-state index in [2.05, 4.69) is 215 Å². The molecule has 0 saturated carbocycles. The Morgan fingerprint density at radius 2 is 0.895 bits per heavy atom. The Kier molecular flexibility index (Phi) is 7.33. The topological polar surface area (TPSA) is 9.86 Å². The van der Waals surface area contributed by atoms with Crippen molar-refractivity contribution in [3.63, 3.8) is 0 Å². The lowest BCUT2D eigenvalue weighted by molar-refractivity contribution is 0.883. The second-order valence-corrected chi connectivity index (χ2v) is 16.4. The van der Waals surface area contributed by atoms with Crippen LogP contribution in [0.2, 0.25) is 0 Å². The Labute approximate surface area is 335 Å². The zero-order chi connectivity index (χ0) is 37.5. The zero-order valence-corrected chi connectivity index (χ0v) is 31.9. The summed E-state index contributed by atoms with van der Waals surface area (Å²) in [6, 6.07) is 67.1. The second-order valence-electron chi connectivity index (χ2n) is 15.2. The summed E-state index contributed by atoms with van der Waals surface area (Å²) in [7, 11) is 0. The molecule has 0 N–H and O–H groups in total. The predicted octanol–water partition coefficient (Wildman–Crippen LogP) is 14.6. The monoisotopic (exact) mass is 744 g/mol. The molecule has 0 spiro atoms. The van der Waals surface area contributed by atoms with Crippen LogP contribution in [0.1, 0.15) is 11.5 Å². The summed E-state index contributed by atoms with van der Waals surface area (Å²) in [4.78, 5) is 1.39. The van der Waals surface area contributed by atoms with E-state index < -0.39 is 0 Å². The highest BCUT2D eigenvalue weighted by Crippen LogP contribution is 2.52. The fourth-order valence-electron chi connectivity index (χ4n) is 9.44. The van der Waals surface area contributed by atoms with Gasteiger partial charge in [-0.3, -0.25) is 0 Å². The number of hydrogen-bond acceptors (Lipinski definition) is 1. The third-order valence-electron chi connectivity index (χ3n) is 12.1. The van der Waals surface area contributed by atoms with E-state index in [0.717, 1.165) is 5.69 Å². The van der Waals surface area contributed by atoms with Crippen LogP contribution in [-0.4, -0.2) is 14.4 Å². The number of hydrogen-bond donors (Lipinski definition) is 0. The lowest BCUT2D eigenvalue weighted by atomic mass is 9.86. The number of thioether (sulfide) groups is 1. The number of nitrogens with zero attached hydrogens (tertiary/aromatic N) is 2. The molecule has 3 heterocycles. The van der Waals surface area contributed by atoms with Crippen molar-refractivity contribution in [3.05, 3.63) is 212 Å². The molecular formula is C54H36N2S. The maximum absolute atomic E-state index is 2.45. The largest absolute Gasteiger partial charge is 0.309 e. The van der Waals surface area contributed by atoms with E-state index in [-0.39, 0.29) is 0 Å². The summed E-state index contributed by atoms with van der Waals surface area (Å²) in [5, 5.41) is 5.49. The molecule has 2 aliphatic rings. The summed E-state index contributed by atoms with van der Waals surface area (Å²) in [5.41, 5.74) is 16.1. The van der Waals surface area contributed by atoms with Gasteiger partial charge in [0.15, 0.2) is 0 Å². The highest BCUT2D eigenvalue weighted by molar-refractivity contribution is 8.00. The Bertz CT molecular complexity index is 3260. The van der Waals surface area contributed by atoms with Crippen LogP contribution < -0.4 is 0 Å². The second kappa shape index (κ2) is 12.9. The molecule has 0 radical (unpaired) electrons. The quantitative estimate of drug-likeness (QED) is 0.171. The van der Waals surface area contributed by atoms with Crippen molar-refractivity contribution < 1.29 is 0 Å². The molecule has 10 aromatic rings. The molecule has 268 valence electrons. The van der Waals surface area contributed by atoms with Gasteiger partial charge in [0, 0.05) is 49.0 Å². The molecule has 8 aromatic carbocycles. The molecule has 2 nitrogen and oxygen atoms in total. The van der Waals surface area contributed by atoms with Crippen LogP contribution >= 0.6 is 11.8 Å². The van der Waals surface area contributed by atoms with Gasteiger partial charge in [-0.25, -0.2) is 0 Å². The first-order chi connectivity index (χ1) is 28.3. The van der Waals surface area contributed by atoms with Crippen LogP contribution in [0, 0.1) is 0 Å². The molecule has 3 heteroatoms.